The maximum absolute atomic E-state index is 11.5. The van der Waals surface area contributed by atoms with Gasteiger partial charge >= 0.3 is 15.3 Å². The van der Waals surface area contributed by atoms with Crippen LogP contribution in [0.25, 0.3) is 0 Å². The number of nitro groups is 2. The number of hydrogen-bond acceptors (Lipinski definition) is 6. The molecule has 0 radical (unpaired) electrons. The summed E-state index contributed by atoms with van der Waals surface area (Å²) < 4.78 is 23.1. The van der Waals surface area contributed by atoms with Crippen molar-refractivity contribution in [3.63, 3.8) is 0 Å². The van der Waals surface area contributed by atoms with E-state index in [4.69, 9.17) is 0 Å². The monoisotopic (exact) mass is 246 g/mol. The second kappa shape index (κ2) is 4.23. The van der Waals surface area contributed by atoms with Crippen LogP contribution in [0.2, 0.25) is 0 Å². The fourth-order valence-corrected chi connectivity index (χ4v) is 2.27. The predicted molar refractivity (Wildman–Crippen MR) is 51.4 cm³/mol. The molecule has 1 aromatic carbocycles. The highest BCUT2D eigenvalue weighted by atomic mass is 32.2. The van der Waals surface area contributed by atoms with E-state index in [1.807, 2.05) is 0 Å². The van der Waals surface area contributed by atoms with Crippen molar-refractivity contribution in [1.82, 2.24) is 0 Å². The largest absolute Gasteiger partial charge is 0.552 e. The van der Waals surface area contributed by atoms with Gasteiger partial charge in [-0.05, 0) is 12.1 Å². The first-order valence-corrected chi connectivity index (χ1v) is 5.48. The zero-order chi connectivity index (χ0) is 12.3. The summed E-state index contributed by atoms with van der Waals surface area (Å²) in [5, 5.41) is 20.7. The molecule has 0 fully saturated rings. The summed E-state index contributed by atoms with van der Waals surface area (Å²) in [7, 11) is -4.60. The number of benzene rings is 1. The van der Waals surface area contributed by atoms with Crippen molar-refractivity contribution in [1.29, 1.82) is 0 Å². The summed E-state index contributed by atoms with van der Waals surface area (Å²) in [6.07, 6.45) is 0. The van der Waals surface area contributed by atoms with Gasteiger partial charge in [0.2, 0.25) is 0 Å². The van der Waals surface area contributed by atoms with Crippen molar-refractivity contribution < 1.29 is 18.3 Å². The Kier molecular flexibility index (Phi) is 3.18. The van der Waals surface area contributed by atoms with Gasteiger partial charge < -0.3 is 0 Å². The molecule has 0 heterocycles. The van der Waals surface area contributed by atoms with E-state index in [2.05, 4.69) is 0 Å². The van der Waals surface area contributed by atoms with Crippen LogP contribution in [0, 0.1) is 20.2 Å². The first-order chi connectivity index (χ1) is 7.37. The molecule has 9 heteroatoms. The second-order valence-corrected chi connectivity index (χ2v) is 4.74. The Hall–Kier alpha value is -2.03. The molecule has 0 N–H and O–H groups in total. The molecule has 86 valence electrons. The van der Waals surface area contributed by atoms with E-state index in [1.165, 1.54) is 18.2 Å². The van der Waals surface area contributed by atoms with Crippen molar-refractivity contribution >= 4 is 9.84 Å². The van der Waals surface area contributed by atoms with Crippen LogP contribution >= 0.6 is 0 Å². The van der Waals surface area contributed by atoms with Crippen LogP contribution in [0.15, 0.2) is 35.2 Å². The van der Waals surface area contributed by atoms with Crippen LogP contribution in [0.4, 0.5) is 0 Å². The highest BCUT2D eigenvalue weighted by Gasteiger charge is 2.48. The third-order valence-corrected chi connectivity index (χ3v) is 3.54. The third kappa shape index (κ3) is 2.14. The smallest absolute Gasteiger partial charge is 0.258 e. The van der Waals surface area contributed by atoms with Gasteiger partial charge in [-0.25, -0.2) is 8.42 Å². The molecule has 0 amide bonds. The molecule has 0 saturated carbocycles. The van der Waals surface area contributed by atoms with Gasteiger partial charge in [-0.3, -0.25) is 20.2 Å². The minimum absolute atomic E-state index is 0.451. The van der Waals surface area contributed by atoms with Crippen LogP contribution in [0.5, 0.6) is 0 Å². The molecule has 0 bridgehead atoms. The molecule has 0 unspecified atom stereocenters. The maximum atomic E-state index is 11.5. The molecule has 0 aromatic heterocycles. The lowest BCUT2D eigenvalue weighted by Crippen LogP contribution is -2.37. The summed E-state index contributed by atoms with van der Waals surface area (Å²) >= 11 is 0. The van der Waals surface area contributed by atoms with Crippen molar-refractivity contribution in [2.24, 2.45) is 0 Å². The number of nitrogens with zero attached hydrogens (tertiary/aromatic N) is 2. The van der Waals surface area contributed by atoms with Crippen LogP contribution in [-0.4, -0.2) is 23.8 Å². The van der Waals surface area contributed by atoms with Crippen molar-refractivity contribution in [3.05, 3.63) is 50.6 Å². The Balaban J connectivity index is 3.31. The summed E-state index contributed by atoms with van der Waals surface area (Å²) in [6, 6.07) is 6.27. The summed E-state index contributed by atoms with van der Waals surface area (Å²) in [5.74, 6) is 0. The highest BCUT2D eigenvalue weighted by molar-refractivity contribution is 7.91. The van der Waals surface area contributed by atoms with Crippen LogP contribution < -0.4 is 0 Å². The van der Waals surface area contributed by atoms with Crippen LogP contribution in [0.1, 0.15) is 0 Å². The molecule has 0 saturated heterocycles. The average Bonchev–Trinajstić information content (AvgIpc) is 2.17. The predicted octanol–water partition coefficient (Wildman–Crippen LogP) is 0.297. The van der Waals surface area contributed by atoms with E-state index in [0.717, 1.165) is 12.1 Å². The fraction of sp³-hybridized carbons (Fsp3) is 0.143. The zero-order valence-electron chi connectivity index (χ0n) is 7.72. The molecule has 0 atom stereocenters. The molecule has 8 nitrogen and oxygen atoms in total. The van der Waals surface area contributed by atoms with Gasteiger partial charge in [-0.1, -0.05) is 18.2 Å². The van der Waals surface area contributed by atoms with Gasteiger partial charge in [-0.15, -0.1) is 0 Å². The normalized spacial score (nSPS) is 11.3. The first kappa shape index (κ1) is 12.0. The lowest BCUT2D eigenvalue weighted by Gasteiger charge is -2.03. The lowest BCUT2D eigenvalue weighted by atomic mass is 10.4. The molecular weight excluding hydrogens is 240 g/mol. The van der Waals surface area contributed by atoms with E-state index in [1.54, 1.807) is 0 Å². The van der Waals surface area contributed by atoms with Gasteiger partial charge in [-0.2, -0.15) is 0 Å². The second-order valence-electron chi connectivity index (χ2n) is 2.76. The topological polar surface area (TPSA) is 120 Å². The van der Waals surface area contributed by atoms with Gasteiger partial charge in [0.05, 0.1) is 4.90 Å². The average molecular weight is 246 g/mol. The summed E-state index contributed by atoms with van der Waals surface area (Å²) in [5.41, 5.74) is -2.87. The Labute approximate surface area is 89.7 Å². The van der Waals surface area contributed by atoms with E-state index in [9.17, 15) is 28.6 Å². The minimum Gasteiger partial charge on any atom is -0.258 e. The van der Waals surface area contributed by atoms with Crippen molar-refractivity contribution in [2.75, 3.05) is 0 Å². The van der Waals surface area contributed by atoms with Crippen LogP contribution in [0.3, 0.4) is 0 Å². The van der Waals surface area contributed by atoms with E-state index in [-0.39, 0.29) is 0 Å². The van der Waals surface area contributed by atoms with Gasteiger partial charge in [0, 0.05) is 0 Å². The number of sulfone groups is 1. The van der Waals surface area contributed by atoms with Gasteiger partial charge in [0.15, 0.2) is 0 Å². The van der Waals surface area contributed by atoms with Crippen molar-refractivity contribution in [3.8, 4) is 0 Å². The van der Waals surface area contributed by atoms with Crippen molar-refractivity contribution in [2.45, 2.75) is 10.4 Å². The summed E-state index contributed by atoms with van der Waals surface area (Å²) in [4.78, 5) is 17.4. The van der Waals surface area contributed by atoms with E-state index < -0.39 is 30.1 Å². The van der Waals surface area contributed by atoms with Gasteiger partial charge in [0.1, 0.15) is 9.85 Å². The molecule has 0 aliphatic rings. The fourth-order valence-electron chi connectivity index (χ4n) is 1.04. The maximum Gasteiger partial charge on any atom is 0.552 e. The Morgan fingerprint density at radius 1 is 1.00 bits per heavy atom. The standard InChI is InChI=1S/C7H6N2O6S/c10-8(11)7(9(12)13)16(14,15)6-4-2-1-3-5-6/h1-5,7H. The first-order valence-electron chi connectivity index (χ1n) is 3.93. The van der Waals surface area contributed by atoms with E-state index in [0.29, 0.717) is 0 Å². The SMILES string of the molecule is O=[N+]([O-])C([N+](=O)[O-])S(=O)(=O)c1ccccc1. The van der Waals surface area contributed by atoms with Gasteiger partial charge in [0.25, 0.3) is 0 Å². The van der Waals surface area contributed by atoms with Crippen LogP contribution in [-0.2, 0) is 9.84 Å². The lowest BCUT2D eigenvalue weighted by molar-refractivity contribution is -0.712. The van der Waals surface area contributed by atoms with E-state index >= 15 is 0 Å². The molecule has 0 aliphatic carbocycles. The highest BCUT2D eigenvalue weighted by Crippen LogP contribution is 2.16. The summed E-state index contributed by atoms with van der Waals surface area (Å²) in [6.45, 7) is 0. The Bertz CT molecular complexity index is 497. The Morgan fingerprint density at radius 3 is 1.81 bits per heavy atom. The minimum atomic E-state index is -4.60. The number of hydrogen-bond donors (Lipinski definition) is 0. The molecule has 0 aliphatic heterocycles. The molecular formula is C7H6N2O6S. The molecule has 1 aromatic rings. The molecule has 0 spiro atoms. The quantitative estimate of drug-likeness (QED) is 0.428. The zero-order valence-corrected chi connectivity index (χ0v) is 8.53. The molecule has 1 rings (SSSR count). The molecule has 16 heavy (non-hydrogen) atoms. The number of rotatable bonds is 4. The Morgan fingerprint density at radius 2 is 1.44 bits per heavy atom. The third-order valence-electron chi connectivity index (χ3n) is 1.71.